The van der Waals surface area contributed by atoms with Crippen LogP contribution in [0.2, 0.25) is 0 Å². The van der Waals surface area contributed by atoms with E-state index in [1.54, 1.807) is 24.3 Å². The minimum absolute atomic E-state index is 0.0673. The number of cyclic esters (lactones) is 1. The third kappa shape index (κ3) is 3.81. The van der Waals surface area contributed by atoms with Crippen molar-refractivity contribution in [1.29, 1.82) is 0 Å². The molecule has 3 rings (SSSR count). The molecule has 0 aliphatic carbocycles. The van der Waals surface area contributed by atoms with Crippen molar-refractivity contribution in [2.45, 2.75) is 6.92 Å². The molecule has 0 saturated carbocycles. The molecule has 0 atom stereocenters. The largest absolute Gasteiger partial charge is 0.427 e. The van der Waals surface area contributed by atoms with Crippen LogP contribution in [-0.4, -0.2) is 22.8 Å². The van der Waals surface area contributed by atoms with Crippen molar-refractivity contribution >= 4 is 29.6 Å². The van der Waals surface area contributed by atoms with E-state index in [1.165, 1.54) is 37.3 Å². The Balaban J connectivity index is 1.81. The van der Waals surface area contributed by atoms with Crippen LogP contribution in [0.4, 0.5) is 5.69 Å². The second-order valence-corrected chi connectivity index (χ2v) is 5.30. The van der Waals surface area contributed by atoms with Crippen LogP contribution in [0.25, 0.3) is 6.08 Å². The van der Waals surface area contributed by atoms with Crippen molar-refractivity contribution in [2.75, 3.05) is 0 Å². The van der Waals surface area contributed by atoms with Crippen molar-refractivity contribution in [3.05, 3.63) is 75.5 Å². The average molecular weight is 352 g/mol. The number of ether oxygens (including phenoxy) is 2. The standard InChI is InChI=1S/C18H12N2O6/c1-11(21)25-15-8-2-12(3-9-15)10-16-18(22)26-17(19-16)13-4-6-14(7-5-13)20(23)24/h2-10H,1H3/b16-10-. The predicted octanol–water partition coefficient (Wildman–Crippen LogP) is 2.86. The minimum Gasteiger partial charge on any atom is -0.427 e. The molecule has 0 fully saturated rings. The van der Waals surface area contributed by atoms with Crippen LogP contribution in [-0.2, 0) is 14.3 Å². The summed E-state index contributed by atoms with van der Waals surface area (Å²) in [6.07, 6.45) is 1.53. The first-order chi connectivity index (χ1) is 12.4. The van der Waals surface area contributed by atoms with E-state index < -0.39 is 16.9 Å². The maximum Gasteiger partial charge on any atom is 0.363 e. The number of nitro groups is 1. The molecule has 130 valence electrons. The second-order valence-electron chi connectivity index (χ2n) is 5.30. The molecule has 0 unspecified atom stereocenters. The number of non-ortho nitro benzene ring substituents is 1. The summed E-state index contributed by atoms with van der Waals surface area (Å²) in [4.78, 5) is 37.2. The highest BCUT2D eigenvalue weighted by molar-refractivity contribution is 6.12. The van der Waals surface area contributed by atoms with Crippen molar-refractivity contribution < 1.29 is 24.0 Å². The van der Waals surface area contributed by atoms with Gasteiger partial charge in [0.05, 0.1) is 4.92 Å². The van der Waals surface area contributed by atoms with Gasteiger partial charge in [0.15, 0.2) is 5.70 Å². The zero-order valence-corrected chi connectivity index (χ0v) is 13.5. The first-order valence-corrected chi connectivity index (χ1v) is 7.48. The summed E-state index contributed by atoms with van der Waals surface area (Å²) in [5, 5.41) is 10.7. The molecule has 0 bridgehead atoms. The molecule has 2 aromatic rings. The number of nitro benzene ring substituents is 1. The molecule has 0 spiro atoms. The molecular formula is C18H12N2O6. The normalized spacial score (nSPS) is 14.7. The van der Waals surface area contributed by atoms with Crippen LogP contribution in [0.1, 0.15) is 18.1 Å². The van der Waals surface area contributed by atoms with Crippen molar-refractivity contribution in [1.82, 2.24) is 0 Å². The third-order valence-electron chi connectivity index (χ3n) is 3.39. The Hall–Kier alpha value is -3.81. The molecule has 1 aliphatic rings. The number of rotatable bonds is 4. The molecule has 26 heavy (non-hydrogen) atoms. The Labute approximate surface area is 147 Å². The van der Waals surface area contributed by atoms with Gasteiger partial charge in [-0.1, -0.05) is 12.1 Å². The van der Waals surface area contributed by atoms with Gasteiger partial charge in [0.1, 0.15) is 5.75 Å². The van der Waals surface area contributed by atoms with Crippen LogP contribution in [0.15, 0.2) is 59.2 Å². The monoisotopic (exact) mass is 352 g/mol. The second kappa shape index (κ2) is 6.98. The number of hydrogen-bond donors (Lipinski definition) is 0. The Morgan fingerprint density at radius 2 is 1.81 bits per heavy atom. The molecule has 0 radical (unpaired) electrons. The number of hydrogen-bond acceptors (Lipinski definition) is 7. The predicted molar refractivity (Wildman–Crippen MR) is 91.5 cm³/mol. The van der Waals surface area contributed by atoms with E-state index in [0.29, 0.717) is 16.9 Å². The molecule has 0 amide bonds. The molecular weight excluding hydrogens is 340 g/mol. The molecule has 0 N–H and O–H groups in total. The summed E-state index contributed by atoms with van der Waals surface area (Å²) in [6.45, 7) is 1.30. The first kappa shape index (κ1) is 17.0. The minimum atomic E-state index is -0.623. The van der Waals surface area contributed by atoms with E-state index in [0.717, 1.165) is 0 Å². The number of carbonyl (C=O) groups excluding carboxylic acids is 2. The Morgan fingerprint density at radius 1 is 1.15 bits per heavy atom. The summed E-state index contributed by atoms with van der Waals surface area (Å²) >= 11 is 0. The van der Waals surface area contributed by atoms with Gasteiger partial charge in [0, 0.05) is 24.6 Å². The zero-order valence-electron chi connectivity index (χ0n) is 13.5. The van der Waals surface area contributed by atoms with Crippen LogP contribution < -0.4 is 4.74 Å². The summed E-state index contributed by atoms with van der Waals surface area (Å²) < 4.78 is 10.0. The lowest BCUT2D eigenvalue weighted by molar-refractivity contribution is -0.384. The Kier molecular flexibility index (Phi) is 4.57. The van der Waals surface area contributed by atoms with E-state index in [2.05, 4.69) is 4.99 Å². The third-order valence-corrected chi connectivity index (χ3v) is 3.39. The Bertz CT molecular complexity index is 943. The Morgan fingerprint density at radius 3 is 2.38 bits per heavy atom. The molecule has 0 saturated heterocycles. The van der Waals surface area contributed by atoms with Crippen molar-refractivity contribution in [2.24, 2.45) is 4.99 Å². The molecule has 8 nitrogen and oxygen atoms in total. The molecule has 0 aromatic heterocycles. The number of aliphatic imine (C=N–C) groups is 1. The summed E-state index contributed by atoms with van der Waals surface area (Å²) in [5.74, 6) is -0.577. The fourth-order valence-corrected chi connectivity index (χ4v) is 2.21. The number of esters is 2. The fraction of sp³-hybridized carbons (Fsp3) is 0.0556. The van der Waals surface area contributed by atoms with Crippen LogP contribution in [0.5, 0.6) is 5.75 Å². The van der Waals surface area contributed by atoms with Crippen LogP contribution >= 0.6 is 0 Å². The van der Waals surface area contributed by atoms with Gasteiger partial charge in [-0.3, -0.25) is 14.9 Å². The van der Waals surface area contributed by atoms with Crippen LogP contribution in [0.3, 0.4) is 0 Å². The van der Waals surface area contributed by atoms with Gasteiger partial charge in [0.2, 0.25) is 5.90 Å². The summed E-state index contributed by atoms with van der Waals surface area (Å²) in [5.41, 5.74) is 1.15. The van der Waals surface area contributed by atoms with Crippen molar-refractivity contribution in [3.8, 4) is 5.75 Å². The van der Waals surface area contributed by atoms with Gasteiger partial charge < -0.3 is 9.47 Å². The smallest absolute Gasteiger partial charge is 0.363 e. The average Bonchev–Trinajstić information content (AvgIpc) is 2.97. The van der Waals surface area contributed by atoms with Gasteiger partial charge in [-0.15, -0.1) is 0 Å². The summed E-state index contributed by atoms with van der Waals surface area (Å²) in [6, 6.07) is 12.0. The SMILES string of the molecule is CC(=O)Oc1ccc(/C=C2\N=C(c3ccc([N+](=O)[O-])cc3)OC2=O)cc1. The highest BCUT2D eigenvalue weighted by Gasteiger charge is 2.24. The maximum atomic E-state index is 12.0. The number of benzene rings is 2. The van der Waals surface area contributed by atoms with Crippen LogP contribution in [0, 0.1) is 10.1 Å². The van der Waals surface area contributed by atoms with E-state index >= 15 is 0 Å². The summed E-state index contributed by atoms with van der Waals surface area (Å²) in [7, 11) is 0. The maximum absolute atomic E-state index is 12.0. The fourth-order valence-electron chi connectivity index (χ4n) is 2.21. The van der Waals surface area contributed by atoms with Gasteiger partial charge in [-0.05, 0) is 35.9 Å². The number of nitrogens with zero attached hydrogens (tertiary/aromatic N) is 2. The molecule has 1 heterocycles. The van der Waals surface area contributed by atoms with Gasteiger partial charge in [-0.25, -0.2) is 9.79 Å². The van der Waals surface area contributed by atoms with Crippen molar-refractivity contribution in [3.63, 3.8) is 0 Å². The lowest BCUT2D eigenvalue weighted by atomic mass is 10.2. The molecule has 8 heteroatoms. The van der Waals surface area contributed by atoms with Gasteiger partial charge in [-0.2, -0.15) is 0 Å². The van der Waals surface area contributed by atoms with Gasteiger partial charge in [0.25, 0.3) is 5.69 Å². The quantitative estimate of drug-likeness (QED) is 0.275. The number of carbonyl (C=O) groups is 2. The highest BCUT2D eigenvalue weighted by Crippen LogP contribution is 2.22. The lowest BCUT2D eigenvalue weighted by Gasteiger charge is -2.00. The highest BCUT2D eigenvalue weighted by atomic mass is 16.6. The first-order valence-electron chi connectivity index (χ1n) is 7.48. The molecule has 1 aliphatic heterocycles. The lowest BCUT2D eigenvalue weighted by Crippen LogP contribution is -2.05. The van der Waals surface area contributed by atoms with E-state index in [1.807, 2.05) is 0 Å². The van der Waals surface area contributed by atoms with Gasteiger partial charge >= 0.3 is 11.9 Å². The van der Waals surface area contributed by atoms with E-state index in [-0.39, 0.29) is 17.3 Å². The van der Waals surface area contributed by atoms with E-state index in [4.69, 9.17) is 9.47 Å². The van der Waals surface area contributed by atoms with E-state index in [9.17, 15) is 19.7 Å². The molecule has 2 aromatic carbocycles. The zero-order chi connectivity index (χ0) is 18.7. The topological polar surface area (TPSA) is 108 Å².